The van der Waals surface area contributed by atoms with Crippen LogP contribution in [0.25, 0.3) is 0 Å². The zero-order valence-corrected chi connectivity index (χ0v) is 11.8. The number of carbonyl (C=O) groups excluding carboxylic acids is 1. The number of aliphatic hydroxyl groups excluding tert-OH is 1. The van der Waals surface area contributed by atoms with Crippen molar-refractivity contribution in [3.8, 4) is 5.75 Å². The molecule has 2 rings (SSSR count). The van der Waals surface area contributed by atoms with Gasteiger partial charge in [-0.2, -0.15) is 0 Å². The number of amides is 1. The van der Waals surface area contributed by atoms with Gasteiger partial charge in [0.15, 0.2) is 0 Å². The highest BCUT2D eigenvalue weighted by atomic mass is 16.5. The van der Waals surface area contributed by atoms with Crippen LogP contribution in [0.5, 0.6) is 5.75 Å². The van der Waals surface area contributed by atoms with E-state index in [-0.39, 0.29) is 12.5 Å². The fourth-order valence-corrected chi connectivity index (χ4v) is 1.98. The number of hydrogen-bond donors (Lipinski definition) is 3. The quantitative estimate of drug-likeness (QED) is 0.676. The van der Waals surface area contributed by atoms with Crippen molar-refractivity contribution in [2.75, 3.05) is 18.5 Å². The van der Waals surface area contributed by atoms with E-state index in [2.05, 4.69) is 10.6 Å². The third-order valence-corrected chi connectivity index (χ3v) is 3.18. The van der Waals surface area contributed by atoms with Crippen LogP contribution in [-0.4, -0.2) is 30.2 Å². The molecule has 5 heteroatoms. The van der Waals surface area contributed by atoms with Crippen molar-refractivity contribution < 1.29 is 14.6 Å². The van der Waals surface area contributed by atoms with Gasteiger partial charge in [-0.15, -0.1) is 0 Å². The molecule has 0 bridgehead atoms. The molecule has 0 aliphatic heterocycles. The Morgan fingerprint density at radius 2 is 2.25 bits per heavy atom. The van der Waals surface area contributed by atoms with Crippen molar-refractivity contribution in [2.24, 2.45) is 0 Å². The van der Waals surface area contributed by atoms with Crippen LogP contribution in [0.3, 0.4) is 0 Å². The van der Waals surface area contributed by atoms with Crippen LogP contribution in [-0.2, 0) is 11.4 Å². The number of aliphatic hydroxyl groups is 1. The molecule has 3 N–H and O–H groups in total. The number of carbonyl (C=O) groups is 1. The molecule has 1 saturated carbocycles. The van der Waals surface area contributed by atoms with E-state index in [9.17, 15) is 9.90 Å². The van der Waals surface area contributed by atoms with Gasteiger partial charge >= 0.3 is 0 Å². The Hall–Kier alpha value is -1.59. The molecule has 0 heterocycles. The second kappa shape index (κ2) is 7.26. The van der Waals surface area contributed by atoms with E-state index in [4.69, 9.17) is 4.74 Å². The maximum absolute atomic E-state index is 11.8. The summed E-state index contributed by atoms with van der Waals surface area (Å²) in [5, 5.41) is 15.4. The van der Waals surface area contributed by atoms with Crippen molar-refractivity contribution in [1.29, 1.82) is 0 Å². The first-order valence-corrected chi connectivity index (χ1v) is 7.12. The van der Waals surface area contributed by atoms with Crippen LogP contribution in [0.15, 0.2) is 18.2 Å². The fraction of sp³-hybridized carbons (Fsp3) is 0.533. The Balaban J connectivity index is 1.85. The number of anilines is 1. The minimum absolute atomic E-state index is 0.0220. The van der Waals surface area contributed by atoms with E-state index in [1.807, 2.05) is 6.92 Å². The lowest BCUT2D eigenvalue weighted by molar-refractivity contribution is -0.116. The molecule has 0 unspecified atom stereocenters. The SMILES string of the molecule is CCOc1ccc(NC(=O)CCNC2CC2)cc1CO. The number of ether oxygens (including phenoxy) is 1. The van der Waals surface area contributed by atoms with Crippen LogP contribution in [0.1, 0.15) is 31.7 Å². The number of nitrogens with one attached hydrogen (secondary N) is 2. The van der Waals surface area contributed by atoms with Crippen LogP contribution < -0.4 is 15.4 Å². The molecule has 1 aliphatic carbocycles. The highest BCUT2D eigenvalue weighted by molar-refractivity contribution is 5.91. The lowest BCUT2D eigenvalue weighted by atomic mass is 10.2. The molecule has 110 valence electrons. The van der Waals surface area contributed by atoms with Gasteiger partial charge in [0.05, 0.1) is 13.2 Å². The zero-order valence-electron chi connectivity index (χ0n) is 11.8. The predicted molar refractivity (Wildman–Crippen MR) is 77.8 cm³/mol. The highest BCUT2D eigenvalue weighted by Gasteiger charge is 2.20. The van der Waals surface area contributed by atoms with Gasteiger partial charge in [0.2, 0.25) is 5.91 Å². The third-order valence-electron chi connectivity index (χ3n) is 3.18. The van der Waals surface area contributed by atoms with Crippen molar-refractivity contribution in [1.82, 2.24) is 5.32 Å². The van der Waals surface area contributed by atoms with Gasteiger partial charge in [0.25, 0.3) is 0 Å². The van der Waals surface area contributed by atoms with Crippen LogP contribution in [0, 0.1) is 0 Å². The third kappa shape index (κ3) is 4.51. The number of benzene rings is 1. The lowest BCUT2D eigenvalue weighted by Gasteiger charge is -2.11. The molecule has 1 aliphatic rings. The fourth-order valence-electron chi connectivity index (χ4n) is 1.98. The van der Waals surface area contributed by atoms with E-state index in [0.29, 0.717) is 42.6 Å². The summed E-state index contributed by atoms with van der Waals surface area (Å²) >= 11 is 0. The van der Waals surface area contributed by atoms with E-state index in [0.717, 1.165) is 0 Å². The minimum Gasteiger partial charge on any atom is -0.494 e. The van der Waals surface area contributed by atoms with Gasteiger partial charge in [-0.3, -0.25) is 4.79 Å². The molecule has 0 aromatic heterocycles. The van der Waals surface area contributed by atoms with E-state index in [1.165, 1.54) is 12.8 Å². The Labute approximate surface area is 119 Å². The standard InChI is InChI=1S/C15H22N2O3/c1-2-20-14-6-5-13(9-11(14)10-18)17-15(19)7-8-16-12-3-4-12/h5-6,9,12,16,18H,2-4,7-8,10H2,1H3,(H,17,19). The molecule has 1 amide bonds. The topological polar surface area (TPSA) is 70.6 Å². The summed E-state index contributed by atoms with van der Waals surface area (Å²) in [6, 6.07) is 5.93. The largest absolute Gasteiger partial charge is 0.494 e. The molecule has 1 aromatic carbocycles. The van der Waals surface area contributed by atoms with Crippen molar-refractivity contribution in [2.45, 2.75) is 38.8 Å². The lowest BCUT2D eigenvalue weighted by Crippen LogP contribution is -2.23. The second-order valence-electron chi connectivity index (χ2n) is 4.94. The summed E-state index contributed by atoms with van der Waals surface area (Å²) in [6.07, 6.45) is 2.90. The summed E-state index contributed by atoms with van der Waals surface area (Å²) in [5.41, 5.74) is 1.37. The van der Waals surface area contributed by atoms with Crippen molar-refractivity contribution in [3.05, 3.63) is 23.8 Å². The maximum atomic E-state index is 11.8. The van der Waals surface area contributed by atoms with Gasteiger partial charge in [0, 0.05) is 30.3 Å². The molecule has 0 spiro atoms. The molecule has 1 fully saturated rings. The Kier molecular flexibility index (Phi) is 5.38. The van der Waals surface area contributed by atoms with Gasteiger partial charge in [0.1, 0.15) is 5.75 Å². The highest BCUT2D eigenvalue weighted by Crippen LogP contribution is 2.23. The Bertz CT molecular complexity index is 458. The average Bonchev–Trinajstić information content (AvgIpc) is 3.25. The van der Waals surface area contributed by atoms with Gasteiger partial charge in [-0.25, -0.2) is 0 Å². The summed E-state index contributed by atoms with van der Waals surface area (Å²) in [5.74, 6) is 0.634. The summed E-state index contributed by atoms with van der Waals surface area (Å²) < 4.78 is 5.40. The number of rotatable bonds is 8. The van der Waals surface area contributed by atoms with Gasteiger partial charge in [-0.05, 0) is 38.0 Å². The molecular weight excluding hydrogens is 256 g/mol. The van der Waals surface area contributed by atoms with Crippen LogP contribution in [0.4, 0.5) is 5.69 Å². The van der Waals surface area contributed by atoms with Crippen LogP contribution >= 0.6 is 0 Å². The molecule has 0 radical (unpaired) electrons. The Morgan fingerprint density at radius 3 is 2.90 bits per heavy atom. The number of hydrogen-bond acceptors (Lipinski definition) is 4. The average molecular weight is 278 g/mol. The zero-order chi connectivity index (χ0) is 14.4. The molecule has 20 heavy (non-hydrogen) atoms. The first-order valence-electron chi connectivity index (χ1n) is 7.12. The molecule has 5 nitrogen and oxygen atoms in total. The van der Waals surface area contributed by atoms with E-state index in [1.54, 1.807) is 18.2 Å². The smallest absolute Gasteiger partial charge is 0.225 e. The van der Waals surface area contributed by atoms with Gasteiger partial charge < -0.3 is 20.5 Å². The maximum Gasteiger partial charge on any atom is 0.225 e. The molecule has 1 aromatic rings. The molecule has 0 saturated heterocycles. The van der Waals surface area contributed by atoms with E-state index < -0.39 is 0 Å². The monoisotopic (exact) mass is 278 g/mol. The van der Waals surface area contributed by atoms with Gasteiger partial charge in [-0.1, -0.05) is 0 Å². The minimum atomic E-state index is -0.109. The summed E-state index contributed by atoms with van der Waals surface area (Å²) in [4.78, 5) is 11.8. The first-order chi connectivity index (χ1) is 9.72. The van der Waals surface area contributed by atoms with Crippen molar-refractivity contribution >= 4 is 11.6 Å². The second-order valence-corrected chi connectivity index (χ2v) is 4.94. The predicted octanol–water partition coefficient (Wildman–Crippen LogP) is 1.66. The van der Waals surface area contributed by atoms with Crippen LogP contribution in [0.2, 0.25) is 0 Å². The van der Waals surface area contributed by atoms with E-state index >= 15 is 0 Å². The summed E-state index contributed by atoms with van der Waals surface area (Å²) in [6.45, 7) is 3.04. The first kappa shape index (κ1) is 14.8. The molecule has 0 atom stereocenters. The Morgan fingerprint density at radius 1 is 1.45 bits per heavy atom. The summed E-state index contributed by atoms with van der Waals surface area (Å²) in [7, 11) is 0. The van der Waals surface area contributed by atoms with Crippen molar-refractivity contribution in [3.63, 3.8) is 0 Å². The molecular formula is C15H22N2O3. The normalized spacial score (nSPS) is 14.1.